The van der Waals surface area contributed by atoms with Crippen molar-refractivity contribution in [2.45, 2.75) is 33.2 Å². The van der Waals surface area contributed by atoms with Crippen LogP contribution in [0.5, 0.6) is 0 Å². The molecule has 0 spiro atoms. The van der Waals surface area contributed by atoms with Crippen LogP contribution in [-0.2, 0) is 5.54 Å². The van der Waals surface area contributed by atoms with Crippen molar-refractivity contribution >= 4 is 77.5 Å². The zero-order valence-electron chi connectivity index (χ0n) is 16.8. The molecule has 2 aromatic heterocycles. The molecule has 5 rings (SSSR count). The lowest BCUT2D eigenvalue weighted by molar-refractivity contribution is 0.0966. The highest BCUT2D eigenvalue weighted by Gasteiger charge is 2.44. The van der Waals surface area contributed by atoms with Gasteiger partial charge in [-0.15, -0.1) is 11.3 Å². The Morgan fingerprint density at radius 3 is 2.53 bits per heavy atom. The second-order valence-corrected chi connectivity index (χ2v) is 12.3. The van der Waals surface area contributed by atoms with Gasteiger partial charge in [0, 0.05) is 21.2 Å². The minimum Gasteiger partial charge on any atom is -0.296 e. The number of hydrogen-bond acceptors (Lipinski definition) is 5. The van der Waals surface area contributed by atoms with Crippen LogP contribution in [0.2, 0.25) is 5.02 Å². The van der Waals surface area contributed by atoms with Crippen LogP contribution in [0.1, 0.15) is 39.5 Å². The number of aryl methyl sites for hydroxylation is 2. The molecule has 1 aliphatic heterocycles. The van der Waals surface area contributed by atoms with E-state index in [1.807, 2.05) is 29.2 Å². The van der Waals surface area contributed by atoms with Crippen LogP contribution in [0.25, 0.3) is 21.2 Å². The summed E-state index contributed by atoms with van der Waals surface area (Å²) in [6.45, 7) is 8.38. The smallest absolute Gasteiger partial charge is 0.270 e. The van der Waals surface area contributed by atoms with Gasteiger partial charge >= 0.3 is 0 Å². The fourth-order valence-electron chi connectivity index (χ4n) is 4.10. The van der Waals surface area contributed by atoms with Gasteiger partial charge in [0.15, 0.2) is 0 Å². The predicted octanol–water partition coefficient (Wildman–Crippen LogP) is 8.59. The molecule has 0 bridgehead atoms. The molecular weight excluding hydrogens is 470 g/mol. The van der Waals surface area contributed by atoms with E-state index in [4.69, 9.17) is 23.8 Å². The number of amides is 1. The van der Waals surface area contributed by atoms with Gasteiger partial charge in [0.05, 0.1) is 21.1 Å². The largest absolute Gasteiger partial charge is 0.296 e. The Labute approximate surface area is 196 Å². The molecule has 30 heavy (non-hydrogen) atoms. The summed E-state index contributed by atoms with van der Waals surface area (Å²) in [7, 11) is 3.28. The third kappa shape index (κ3) is 2.78. The van der Waals surface area contributed by atoms with E-state index in [9.17, 15) is 4.79 Å². The maximum absolute atomic E-state index is 14.0. The van der Waals surface area contributed by atoms with Gasteiger partial charge in [-0.05, 0) is 57.0 Å². The molecule has 2 nitrogen and oxygen atoms in total. The van der Waals surface area contributed by atoms with Crippen LogP contribution in [0.15, 0.2) is 36.4 Å². The summed E-state index contributed by atoms with van der Waals surface area (Å²) in [5.74, 6) is -0.0642. The van der Waals surface area contributed by atoms with Gasteiger partial charge in [0.2, 0.25) is 0 Å². The van der Waals surface area contributed by atoms with Gasteiger partial charge in [0.1, 0.15) is 8.70 Å². The number of benzene rings is 2. The number of thiophene rings is 1. The van der Waals surface area contributed by atoms with Crippen molar-refractivity contribution in [2.24, 2.45) is 0 Å². The second-order valence-electron chi connectivity index (χ2n) is 8.05. The highest BCUT2D eigenvalue weighted by atomic mass is 35.5. The first-order valence-corrected chi connectivity index (χ1v) is 13.2. The summed E-state index contributed by atoms with van der Waals surface area (Å²) in [4.78, 5) is 17.7. The summed E-state index contributed by atoms with van der Waals surface area (Å²) in [5.41, 5.74) is 4.87. The highest BCUT2D eigenvalue weighted by Crippen LogP contribution is 2.53. The van der Waals surface area contributed by atoms with Gasteiger partial charge in [0.25, 0.3) is 5.91 Å². The monoisotopic (exact) mass is 487 g/mol. The predicted molar refractivity (Wildman–Crippen MR) is 135 cm³/mol. The summed E-state index contributed by atoms with van der Waals surface area (Å²) in [6.07, 6.45) is 0. The third-order valence-electron chi connectivity index (χ3n) is 5.80. The summed E-state index contributed by atoms with van der Waals surface area (Å²) in [5, 5.41) is 1.46. The Bertz CT molecular complexity index is 1410. The maximum atomic E-state index is 14.0. The lowest BCUT2D eigenvalue weighted by atomic mass is 9.85. The molecule has 4 aromatic rings. The molecule has 0 saturated carbocycles. The molecule has 152 valence electrons. The van der Waals surface area contributed by atoms with Crippen LogP contribution in [0.4, 0.5) is 5.69 Å². The zero-order valence-corrected chi connectivity index (χ0v) is 20.9. The number of hydrogen-bond donors (Lipinski definition) is 0. The first kappa shape index (κ1) is 20.3. The van der Waals surface area contributed by atoms with Gasteiger partial charge in [-0.25, -0.2) is 0 Å². The normalized spacial score (nSPS) is 14.6. The summed E-state index contributed by atoms with van der Waals surface area (Å²) >= 11 is 13.9. The maximum Gasteiger partial charge on any atom is 0.270 e. The number of rotatable bonds is 1. The van der Waals surface area contributed by atoms with Crippen molar-refractivity contribution in [2.75, 3.05) is 4.90 Å². The molecule has 2 aromatic carbocycles. The minimum atomic E-state index is -0.529. The van der Waals surface area contributed by atoms with Crippen LogP contribution in [0, 0.1) is 17.7 Å². The molecule has 3 heterocycles. The number of halogens is 1. The highest BCUT2D eigenvalue weighted by molar-refractivity contribution is 7.80. The van der Waals surface area contributed by atoms with Gasteiger partial charge in [-0.1, -0.05) is 62.7 Å². The van der Waals surface area contributed by atoms with E-state index in [0.29, 0.717) is 9.90 Å². The third-order valence-corrected chi connectivity index (χ3v) is 10.8. The molecule has 0 unspecified atom stereocenters. The zero-order chi connectivity index (χ0) is 21.4. The second kappa shape index (κ2) is 6.97. The first-order chi connectivity index (χ1) is 14.2. The molecule has 0 atom stereocenters. The van der Waals surface area contributed by atoms with Gasteiger partial charge in [-0.3, -0.25) is 9.69 Å². The molecule has 1 aliphatic rings. The lowest BCUT2D eigenvalue weighted by Crippen LogP contribution is -2.47. The molecule has 0 radical (unpaired) electrons. The fraction of sp³-hybridized carbons (Fsp3) is 0.217. The van der Waals surface area contributed by atoms with Crippen molar-refractivity contribution < 1.29 is 4.79 Å². The van der Waals surface area contributed by atoms with Crippen molar-refractivity contribution in [3.63, 3.8) is 0 Å². The Kier molecular flexibility index (Phi) is 4.73. The topological polar surface area (TPSA) is 20.3 Å². The molecule has 7 heteroatoms. The average Bonchev–Trinajstić information content (AvgIpc) is 3.25. The van der Waals surface area contributed by atoms with Crippen LogP contribution in [0.3, 0.4) is 0 Å². The van der Waals surface area contributed by atoms with E-state index in [-0.39, 0.29) is 5.91 Å². The van der Waals surface area contributed by atoms with E-state index in [0.717, 1.165) is 41.2 Å². The van der Waals surface area contributed by atoms with Crippen molar-refractivity contribution in [1.82, 2.24) is 0 Å². The van der Waals surface area contributed by atoms with Crippen molar-refractivity contribution in [1.29, 1.82) is 0 Å². The van der Waals surface area contributed by atoms with Crippen molar-refractivity contribution in [3.8, 4) is 11.1 Å². The van der Waals surface area contributed by atoms with Crippen LogP contribution in [-0.4, -0.2) is 5.91 Å². The average molecular weight is 488 g/mol. The van der Waals surface area contributed by atoms with E-state index in [1.165, 1.54) is 16.9 Å². The van der Waals surface area contributed by atoms with E-state index < -0.39 is 5.54 Å². The van der Waals surface area contributed by atoms with Crippen molar-refractivity contribution in [3.05, 3.63) is 66.1 Å². The standard InChI is InChI=1S/C23H18ClNOS4/c1-11-9-14-15(10-12(11)2)25(23(3,4)20-17(14)22(27)30-29-20)21(26)19-18(24)13-7-5-6-8-16(13)28-19/h5-10H,1-4H3. The molecule has 0 fully saturated rings. The number of carbonyl (C=O) groups is 1. The SMILES string of the molecule is Cc1cc2c(cc1C)N(C(=O)c1sc3ccccc3c1Cl)C(C)(C)c1ssc(=S)c1-2. The van der Waals surface area contributed by atoms with E-state index in [1.54, 1.807) is 20.7 Å². The summed E-state index contributed by atoms with van der Waals surface area (Å²) < 4.78 is 1.91. The number of fused-ring (bicyclic) bond motifs is 4. The van der Waals surface area contributed by atoms with Crippen LogP contribution >= 0.6 is 55.8 Å². The van der Waals surface area contributed by atoms with Gasteiger partial charge < -0.3 is 0 Å². The summed E-state index contributed by atoms with van der Waals surface area (Å²) in [6, 6.07) is 12.2. The molecule has 0 N–H and O–H groups in total. The van der Waals surface area contributed by atoms with E-state index >= 15 is 0 Å². The number of nitrogens with zero attached hydrogens (tertiary/aromatic N) is 1. The Hall–Kier alpha value is -1.57. The molecule has 1 amide bonds. The lowest BCUT2D eigenvalue weighted by Gasteiger charge is -2.43. The number of anilines is 1. The quantitative estimate of drug-likeness (QED) is 0.198. The Morgan fingerprint density at radius 1 is 1.10 bits per heavy atom. The Balaban J connectivity index is 1.79. The Morgan fingerprint density at radius 2 is 1.80 bits per heavy atom. The van der Waals surface area contributed by atoms with Gasteiger partial charge in [-0.2, -0.15) is 0 Å². The number of carbonyl (C=O) groups excluding carboxylic acids is 1. The van der Waals surface area contributed by atoms with E-state index in [2.05, 4.69) is 39.8 Å². The molecule has 0 aliphatic carbocycles. The van der Waals surface area contributed by atoms with Crippen LogP contribution < -0.4 is 4.90 Å². The fourth-order valence-corrected chi connectivity index (χ4v) is 8.82. The first-order valence-electron chi connectivity index (χ1n) is 9.48. The minimum absolute atomic E-state index is 0.0642. The molecule has 0 saturated heterocycles. The molecular formula is C23H18ClNOS4.